The fraction of sp³-hybridized carbons (Fsp3) is 0.286. The average Bonchev–Trinajstić information content (AvgIpc) is 3.82. The molecular formula is C35H31N5O8. The van der Waals surface area contributed by atoms with Crippen molar-refractivity contribution < 1.29 is 38.4 Å². The zero-order valence-corrected chi connectivity index (χ0v) is 25.8. The number of hydrogen-bond acceptors (Lipinski definition) is 10. The lowest BCUT2D eigenvalue weighted by Gasteiger charge is -2.21. The number of nitrogens with zero attached hydrogens (tertiary/aromatic N) is 3. The monoisotopic (exact) mass is 649 g/mol. The van der Waals surface area contributed by atoms with Crippen molar-refractivity contribution in [3.05, 3.63) is 107 Å². The second-order valence-corrected chi connectivity index (χ2v) is 11.7. The van der Waals surface area contributed by atoms with E-state index in [0.29, 0.717) is 34.8 Å². The molecule has 2 amide bonds. The summed E-state index contributed by atoms with van der Waals surface area (Å²) in [5.41, 5.74) is 0.687. The number of fused-ring (bicyclic) bond motifs is 2. The molecule has 48 heavy (non-hydrogen) atoms. The zero-order valence-electron chi connectivity index (χ0n) is 25.8. The van der Waals surface area contributed by atoms with Gasteiger partial charge in [-0.2, -0.15) is 0 Å². The molecule has 0 radical (unpaired) electrons. The lowest BCUT2D eigenvalue weighted by Crippen LogP contribution is -2.49. The van der Waals surface area contributed by atoms with Gasteiger partial charge in [0.2, 0.25) is 5.82 Å². The normalized spacial score (nSPS) is 24.4. The summed E-state index contributed by atoms with van der Waals surface area (Å²) in [6.07, 6.45) is -1.73. The van der Waals surface area contributed by atoms with Gasteiger partial charge in [0.05, 0.1) is 24.5 Å². The number of carbonyl (C=O) groups excluding carboxylic acids is 3. The maximum absolute atomic E-state index is 13.4. The largest absolute Gasteiger partial charge is 0.489 e. The van der Waals surface area contributed by atoms with Crippen LogP contribution in [0.4, 0.5) is 5.69 Å². The van der Waals surface area contributed by atoms with E-state index in [-0.39, 0.29) is 25.6 Å². The van der Waals surface area contributed by atoms with Crippen LogP contribution in [-0.2, 0) is 25.4 Å². The molecule has 0 saturated carbocycles. The van der Waals surface area contributed by atoms with Gasteiger partial charge in [0.1, 0.15) is 36.4 Å². The maximum atomic E-state index is 13.4. The first kappa shape index (κ1) is 31.1. The van der Waals surface area contributed by atoms with Gasteiger partial charge in [-0.25, -0.2) is 9.78 Å². The minimum Gasteiger partial charge on any atom is -0.489 e. The summed E-state index contributed by atoms with van der Waals surface area (Å²) in [7, 11) is 1.57. The lowest BCUT2D eigenvalue weighted by atomic mass is 9.96. The van der Waals surface area contributed by atoms with Crippen LogP contribution in [0.25, 0.3) is 0 Å². The lowest BCUT2D eigenvalue weighted by molar-refractivity contribution is -0.120. The predicted molar refractivity (Wildman–Crippen MR) is 169 cm³/mol. The number of benzene rings is 3. The molecule has 244 valence electrons. The van der Waals surface area contributed by atoms with Crippen LogP contribution in [0.3, 0.4) is 0 Å². The van der Waals surface area contributed by atoms with Crippen LogP contribution in [0.5, 0.6) is 5.75 Å². The topological polar surface area (TPSA) is 165 Å². The first-order valence-electron chi connectivity index (χ1n) is 15.3. The van der Waals surface area contributed by atoms with Gasteiger partial charge in [0.15, 0.2) is 11.7 Å². The van der Waals surface area contributed by atoms with Crippen molar-refractivity contribution in [3.8, 4) is 17.6 Å². The van der Waals surface area contributed by atoms with Crippen molar-refractivity contribution in [2.45, 2.75) is 36.4 Å². The highest BCUT2D eigenvalue weighted by Crippen LogP contribution is 2.36. The van der Waals surface area contributed by atoms with E-state index in [9.17, 15) is 19.5 Å². The van der Waals surface area contributed by atoms with Crippen LogP contribution < -0.4 is 15.0 Å². The molecule has 3 aliphatic heterocycles. The van der Waals surface area contributed by atoms with Gasteiger partial charge in [-0.05, 0) is 35.9 Å². The number of amides is 2. The first-order valence-corrected chi connectivity index (χ1v) is 15.3. The molecule has 5 unspecified atom stereocenters. The number of ether oxygens (including phenoxy) is 4. The number of aromatic nitrogens is 3. The quantitative estimate of drug-likeness (QED) is 0.207. The Morgan fingerprint density at radius 3 is 2.65 bits per heavy atom. The highest BCUT2D eigenvalue weighted by atomic mass is 16.6. The molecule has 0 bridgehead atoms. The summed E-state index contributed by atoms with van der Waals surface area (Å²) in [4.78, 5) is 44.6. The average molecular weight is 650 g/mol. The van der Waals surface area contributed by atoms with Gasteiger partial charge in [-0.15, -0.1) is 5.10 Å². The third-order valence-corrected chi connectivity index (χ3v) is 8.37. The minimum absolute atomic E-state index is 0.0593. The van der Waals surface area contributed by atoms with Crippen molar-refractivity contribution in [2.24, 2.45) is 0 Å². The molecule has 7 rings (SSSR count). The van der Waals surface area contributed by atoms with Gasteiger partial charge in [-0.3, -0.25) is 14.7 Å². The molecular weight excluding hydrogens is 618 g/mol. The van der Waals surface area contributed by atoms with Crippen molar-refractivity contribution >= 4 is 23.5 Å². The van der Waals surface area contributed by atoms with E-state index in [1.807, 2.05) is 30.3 Å². The second kappa shape index (κ2) is 12.9. The smallest absolute Gasteiger partial charge is 0.338 e. The summed E-state index contributed by atoms with van der Waals surface area (Å²) < 4.78 is 23.1. The standard InChI is InChI=1S/C35H31N5O8/c1-40-25-16-22(14-15-35(44)20-47-29-27(19-46-30(29)35)48-34(43)23-10-6-3-7-11-23)12-13-26(25)45-18-24(33(40)42)36-32(41)31-37-28(38-39-31)17-21-8-4-2-5-9-21/h2-13,16,24,27,29-30,44H,17-20H2,1H3,(H,36,41)(H,37,38,39). The highest BCUT2D eigenvalue weighted by molar-refractivity contribution is 6.02. The van der Waals surface area contributed by atoms with Crippen molar-refractivity contribution in [3.63, 3.8) is 0 Å². The molecule has 0 aliphatic carbocycles. The Morgan fingerprint density at radius 1 is 1.08 bits per heavy atom. The van der Waals surface area contributed by atoms with Crippen LogP contribution in [0.1, 0.15) is 37.9 Å². The molecule has 5 atom stereocenters. The number of H-pyrrole nitrogens is 1. The van der Waals surface area contributed by atoms with Gasteiger partial charge in [0, 0.05) is 19.0 Å². The van der Waals surface area contributed by atoms with Gasteiger partial charge in [0.25, 0.3) is 11.8 Å². The Hall–Kier alpha value is -5.55. The van der Waals surface area contributed by atoms with E-state index < -0.39 is 47.7 Å². The Bertz CT molecular complexity index is 1910. The van der Waals surface area contributed by atoms with Crippen LogP contribution in [-0.4, -0.2) is 94.9 Å². The Balaban J connectivity index is 0.996. The fourth-order valence-electron chi connectivity index (χ4n) is 5.83. The molecule has 3 aliphatic rings. The summed E-state index contributed by atoms with van der Waals surface area (Å²) in [5, 5.41) is 20.8. The summed E-state index contributed by atoms with van der Waals surface area (Å²) in [5.74, 6) is 5.15. The number of esters is 1. The molecule has 4 aromatic rings. The van der Waals surface area contributed by atoms with E-state index in [4.69, 9.17) is 18.9 Å². The van der Waals surface area contributed by atoms with E-state index >= 15 is 0 Å². The molecule has 3 aromatic carbocycles. The SMILES string of the molecule is CN1C(=O)C(NC(=O)c2n[nH]c(Cc3ccccc3)n2)COc2ccc(C#CC3(O)COC4C(OC(=O)c5ccccc5)COC43)cc21. The number of nitrogens with one attached hydrogen (secondary N) is 2. The number of hydrogen-bond donors (Lipinski definition) is 3. The third-order valence-electron chi connectivity index (χ3n) is 8.37. The molecule has 2 fully saturated rings. The van der Waals surface area contributed by atoms with Gasteiger partial charge in [-0.1, -0.05) is 60.4 Å². The van der Waals surface area contributed by atoms with Gasteiger partial charge >= 0.3 is 5.97 Å². The summed E-state index contributed by atoms with van der Waals surface area (Å²) in [6.45, 7) is -0.188. The Morgan fingerprint density at radius 2 is 1.85 bits per heavy atom. The number of likely N-dealkylation sites (N-methyl/N-ethyl adjacent to an activating group) is 1. The van der Waals surface area contributed by atoms with Crippen molar-refractivity contribution in [1.82, 2.24) is 20.5 Å². The molecule has 4 heterocycles. The Labute approximate surface area is 275 Å². The first-order chi connectivity index (χ1) is 23.3. The third kappa shape index (κ3) is 6.24. The highest BCUT2D eigenvalue weighted by Gasteiger charge is 2.57. The fourth-order valence-corrected chi connectivity index (χ4v) is 5.83. The van der Waals surface area contributed by atoms with Crippen molar-refractivity contribution in [2.75, 3.05) is 31.8 Å². The van der Waals surface area contributed by atoms with E-state index in [1.165, 1.54) is 4.90 Å². The molecule has 1 aromatic heterocycles. The summed E-state index contributed by atoms with van der Waals surface area (Å²) in [6, 6.07) is 22.3. The number of aromatic amines is 1. The second-order valence-electron chi connectivity index (χ2n) is 11.7. The van der Waals surface area contributed by atoms with Gasteiger partial charge < -0.3 is 34.3 Å². The Kier molecular flexibility index (Phi) is 8.36. The van der Waals surface area contributed by atoms with Crippen LogP contribution in [0.2, 0.25) is 0 Å². The number of aliphatic hydroxyl groups is 1. The molecule has 0 spiro atoms. The number of rotatable bonds is 6. The van der Waals surface area contributed by atoms with E-state index in [2.05, 4.69) is 32.3 Å². The zero-order chi connectivity index (χ0) is 33.3. The van der Waals surface area contributed by atoms with E-state index in [1.54, 1.807) is 55.6 Å². The predicted octanol–water partition coefficient (Wildman–Crippen LogP) is 1.66. The van der Waals surface area contributed by atoms with E-state index in [0.717, 1.165) is 5.56 Å². The van der Waals surface area contributed by atoms with Crippen LogP contribution in [0, 0.1) is 11.8 Å². The van der Waals surface area contributed by atoms with Crippen molar-refractivity contribution in [1.29, 1.82) is 0 Å². The minimum atomic E-state index is -1.65. The molecule has 13 nitrogen and oxygen atoms in total. The number of carbonyl (C=O) groups is 3. The maximum Gasteiger partial charge on any atom is 0.338 e. The summed E-state index contributed by atoms with van der Waals surface area (Å²) >= 11 is 0. The van der Waals surface area contributed by atoms with Crippen LogP contribution >= 0.6 is 0 Å². The molecule has 3 N–H and O–H groups in total. The number of anilines is 1. The van der Waals surface area contributed by atoms with Crippen LogP contribution in [0.15, 0.2) is 78.9 Å². The molecule has 13 heteroatoms. The molecule has 2 saturated heterocycles.